The van der Waals surface area contributed by atoms with Crippen molar-refractivity contribution in [3.63, 3.8) is 0 Å². The van der Waals surface area contributed by atoms with Gasteiger partial charge in [0.25, 0.3) is 5.69 Å². The molecular formula is C16H15FN2O2. The number of non-ortho nitro benzene ring substituents is 1. The molecule has 2 aromatic rings. The topological polar surface area (TPSA) is 69.2 Å². The molecule has 0 heterocycles. The molecule has 21 heavy (non-hydrogen) atoms. The number of nitrogens with zero attached hydrogens (tertiary/aromatic N) is 1. The van der Waals surface area contributed by atoms with Crippen LogP contribution in [0, 0.1) is 15.9 Å². The molecule has 0 unspecified atom stereocenters. The van der Waals surface area contributed by atoms with Gasteiger partial charge in [0.15, 0.2) is 0 Å². The highest BCUT2D eigenvalue weighted by Gasteiger charge is 2.33. The van der Waals surface area contributed by atoms with Gasteiger partial charge in [-0.05, 0) is 42.0 Å². The third-order valence-electron chi connectivity index (χ3n) is 3.91. The number of nitro benzene ring substituents is 1. The van der Waals surface area contributed by atoms with Crippen LogP contribution in [0.2, 0.25) is 0 Å². The van der Waals surface area contributed by atoms with E-state index in [2.05, 4.69) is 0 Å². The zero-order valence-electron chi connectivity index (χ0n) is 11.4. The fourth-order valence-electron chi connectivity index (χ4n) is 3.10. The Morgan fingerprint density at radius 1 is 1.19 bits per heavy atom. The third-order valence-corrected chi connectivity index (χ3v) is 3.91. The molecule has 0 bridgehead atoms. The SMILES string of the molecule is NC1(Cc2cc(F)cc([N+](=O)[O-])c2)Cc2ccccc2C1. The number of rotatable bonds is 3. The Bertz CT molecular complexity index is 690. The van der Waals surface area contributed by atoms with Crippen LogP contribution in [0.4, 0.5) is 10.1 Å². The predicted octanol–water partition coefficient (Wildman–Crippen LogP) is 2.77. The lowest BCUT2D eigenvalue weighted by molar-refractivity contribution is -0.385. The number of fused-ring (bicyclic) bond motifs is 1. The van der Waals surface area contributed by atoms with Crippen LogP contribution in [0.5, 0.6) is 0 Å². The van der Waals surface area contributed by atoms with E-state index in [1.165, 1.54) is 23.3 Å². The minimum absolute atomic E-state index is 0.232. The first-order chi connectivity index (χ1) is 9.95. The van der Waals surface area contributed by atoms with E-state index < -0.39 is 16.3 Å². The maximum absolute atomic E-state index is 13.5. The number of benzene rings is 2. The Hall–Kier alpha value is -2.27. The van der Waals surface area contributed by atoms with Gasteiger partial charge < -0.3 is 5.73 Å². The Labute approximate surface area is 121 Å². The van der Waals surface area contributed by atoms with E-state index in [0.717, 1.165) is 6.07 Å². The molecule has 0 saturated carbocycles. The maximum Gasteiger partial charge on any atom is 0.272 e. The molecule has 0 saturated heterocycles. The van der Waals surface area contributed by atoms with Gasteiger partial charge in [-0.3, -0.25) is 10.1 Å². The summed E-state index contributed by atoms with van der Waals surface area (Å²) in [5.41, 5.74) is 8.65. The highest BCUT2D eigenvalue weighted by Crippen LogP contribution is 2.31. The molecule has 0 atom stereocenters. The standard InChI is InChI=1S/C16H15FN2O2/c17-14-5-11(6-15(7-14)19(20)21)8-16(18)9-12-3-1-2-4-13(12)10-16/h1-7H,8-10,18H2. The van der Waals surface area contributed by atoms with Gasteiger partial charge in [0.1, 0.15) is 5.82 Å². The first kappa shape index (κ1) is 13.7. The molecule has 0 fully saturated rings. The molecule has 0 amide bonds. The van der Waals surface area contributed by atoms with Crippen LogP contribution in [0.15, 0.2) is 42.5 Å². The molecule has 0 aromatic heterocycles. The second kappa shape index (κ2) is 4.93. The van der Waals surface area contributed by atoms with Crippen LogP contribution in [0.1, 0.15) is 16.7 Å². The molecule has 0 radical (unpaired) electrons. The molecule has 5 heteroatoms. The van der Waals surface area contributed by atoms with Gasteiger partial charge in [0.2, 0.25) is 0 Å². The largest absolute Gasteiger partial charge is 0.324 e. The molecule has 1 aliphatic rings. The van der Waals surface area contributed by atoms with Crippen LogP contribution in [-0.4, -0.2) is 10.5 Å². The number of halogens is 1. The lowest BCUT2D eigenvalue weighted by atomic mass is 9.89. The molecule has 4 nitrogen and oxygen atoms in total. The van der Waals surface area contributed by atoms with Crippen molar-refractivity contribution < 1.29 is 9.31 Å². The summed E-state index contributed by atoms with van der Waals surface area (Å²) in [7, 11) is 0. The van der Waals surface area contributed by atoms with E-state index in [1.54, 1.807) is 0 Å². The lowest BCUT2D eigenvalue weighted by Gasteiger charge is -2.23. The summed E-state index contributed by atoms with van der Waals surface area (Å²) >= 11 is 0. The van der Waals surface area contributed by atoms with Crippen LogP contribution in [0.25, 0.3) is 0 Å². The molecule has 1 aliphatic carbocycles. The lowest BCUT2D eigenvalue weighted by Crippen LogP contribution is -2.43. The molecule has 0 spiro atoms. The van der Waals surface area contributed by atoms with Crippen LogP contribution in [0.3, 0.4) is 0 Å². The van der Waals surface area contributed by atoms with E-state index in [1.807, 2.05) is 24.3 Å². The molecule has 2 aromatic carbocycles. The van der Waals surface area contributed by atoms with Crippen LogP contribution < -0.4 is 5.73 Å². The molecule has 3 rings (SSSR count). The molecule has 108 valence electrons. The molecule has 2 N–H and O–H groups in total. The first-order valence-corrected chi connectivity index (χ1v) is 6.75. The molecule has 0 aliphatic heterocycles. The predicted molar refractivity (Wildman–Crippen MR) is 77.5 cm³/mol. The van der Waals surface area contributed by atoms with E-state index in [-0.39, 0.29) is 5.69 Å². The highest BCUT2D eigenvalue weighted by molar-refractivity contribution is 5.40. The first-order valence-electron chi connectivity index (χ1n) is 6.75. The summed E-state index contributed by atoms with van der Waals surface area (Å²) in [5.74, 6) is -0.599. The number of nitro groups is 1. The molecular weight excluding hydrogens is 271 g/mol. The van der Waals surface area contributed by atoms with Crippen LogP contribution >= 0.6 is 0 Å². The zero-order chi connectivity index (χ0) is 15.0. The number of hydrogen-bond donors (Lipinski definition) is 1. The normalized spacial score (nSPS) is 15.7. The van der Waals surface area contributed by atoms with Crippen LogP contribution in [-0.2, 0) is 19.3 Å². The third kappa shape index (κ3) is 2.78. The van der Waals surface area contributed by atoms with Crippen molar-refractivity contribution in [2.45, 2.75) is 24.8 Å². The van der Waals surface area contributed by atoms with Crippen molar-refractivity contribution in [2.75, 3.05) is 0 Å². The Morgan fingerprint density at radius 3 is 2.38 bits per heavy atom. The average Bonchev–Trinajstić information content (AvgIpc) is 2.73. The minimum Gasteiger partial charge on any atom is -0.324 e. The van der Waals surface area contributed by atoms with Gasteiger partial charge in [0, 0.05) is 11.6 Å². The average molecular weight is 286 g/mol. The van der Waals surface area contributed by atoms with Gasteiger partial charge in [-0.25, -0.2) is 4.39 Å². The van der Waals surface area contributed by atoms with Crippen molar-refractivity contribution in [3.05, 3.63) is 75.1 Å². The Kier molecular flexibility index (Phi) is 3.22. The number of hydrogen-bond acceptors (Lipinski definition) is 3. The quantitative estimate of drug-likeness (QED) is 0.696. The van der Waals surface area contributed by atoms with Gasteiger partial charge >= 0.3 is 0 Å². The summed E-state index contributed by atoms with van der Waals surface area (Å²) in [5, 5.41) is 10.8. The monoisotopic (exact) mass is 286 g/mol. The smallest absolute Gasteiger partial charge is 0.272 e. The van der Waals surface area contributed by atoms with Crippen molar-refractivity contribution in [1.29, 1.82) is 0 Å². The van der Waals surface area contributed by atoms with Crippen molar-refractivity contribution in [1.82, 2.24) is 0 Å². The van der Waals surface area contributed by atoms with Crippen molar-refractivity contribution in [3.8, 4) is 0 Å². The summed E-state index contributed by atoms with van der Waals surface area (Å²) < 4.78 is 13.5. The Balaban J connectivity index is 1.86. The second-order valence-electron chi connectivity index (χ2n) is 5.74. The summed E-state index contributed by atoms with van der Waals surface area (Å²) in [6.45, 7) is 0. The summed E-state index contributed by atoms with van der Waals surface area (Å²) in [6.07, 6.45) is 1.82. The van der Waals surface area contributed by atoms with Gasteiger partial charge in [0.05, 0.1) is 11.0 Å². The van der Waals surface area contributed by atoms with E-state index in [9.17, 15) is 14.5 Å². The van der Waals surface area contributed by atoms with E-state index >= 15 is 0 Å². The fourth-order valence-corrected chi connectivity index (χ4v) is 3.10. The highest BCUT2D eigenvalue weighted by atomic mass is 19.1. The van der Waals surface area contributed by atoms with Gasteiger partial charge in [-0.1, -0.05) is 24.3 Å². The second-order valence-corrected chi connectivity index (χ2v) is 5.74. The van der Waals surface area contributed by atoms with E-state index in [0.29, 0.717) is 24.8 Å². The zero-order valence-corrected chi connectivity index (χ0v) is 11.4. The van der Waals surface area contributed by atoms with E-state index in [4.69, 9.17) is 5.73 Å². The fraction of sp³-hybridized carbons (Fsp3) is 0.250. The van der Waals surface area contributed by atoms with Crippen molar-refractivity contribution >= 4 is 5.69 Å². The maximum atomic E-state index is 13.5. The summed E-state index contributed by atoms with van der Waals surface area (Å²) in [4.78, 5) is 10.2. The van der Waals surface area contributed by atoms with Crippen molar-refractivity contribution in [2.24, 2.45) is 5.73 Å². The number of nitrogens with two attached hydrogens (primary N) is 1. The summed E-state index contributed by atoms with van der Waals surface area (Å²) in [6, 6.07) is 11.7. The van der Waals surface area contributed by atoms with Gasteiger partial charge in [-0.15, -0.1) is 0 Å². The Morgan fingerprint density at radius 2 is 1.81 bits per heavy atom. The van der Waals surface area contributed by atoms with Gasteiger partial charge in [-0.2, -0.15) is 0 Å². The minimum atomic E-state index is -0.599.